The number of carbonyl (C=O) groups excluding carboxylic acids is 1. The van der Waals surface area contributed by atoms with Gasteiger partial charge in [-0.3, -0.25) is 4.79 Å². The maximum atomic E-state index is 12.5. The van der Waals surface area contributed by atoms with E-state index in [0.717, 1.165) is 5.76 Å². The van der Waals surface area contributed by atoms with E-state index in [-0.39, 0.29) is 21.5 Å². The van der Waals surface area contributed by atoms with E-state index in [1.165, 1.54) is 18.2 Å². The van der Waals surface area contributed by atoms with E-state index < -0.39 is 21.5 Å². The summed E-state index contributed by atoms with van der Waals surface area (Å²) in [4.78, 5) is 12.4. The minimum Gasteiger partial charge on any atom is -0.464 e. The van der Waals surface area contributed by atoms with Gasteiger partial charge in [-0.2, -0.15) is 0 Å². The first-order valence-electron chi connectivity index (χ1n) is 8.10. The molecule has 0 aliphatic carbocycles. The number of amides is 1. The SMILES string of the molecule is Cc1ccc(C(C)NC(=O)c2ccc(Cl)c(S(=O)(=O)NC(C)(C)C)c2)o1. The minimum absolute atomic E-state index is 0.0491. The quantitative estimate of drug-likeness (QED) is 0.801. The number of furan rings is 1. The highest BCUT2D eigenvalue weighted by molar-refractivity contribution is 7.89. The van der Waals surface area contributed by atoms with Crippen LogP contribution in [0.3, 0.4) is 0 Å². The van der Waals surface area contributed by atoms with Crippen LogP contribution in [-0.4, -0.2) is 19.9 Å². The first-order chi connectivity index (χ1) is 11.9. The number of nitrogens with one attached hydrogen (secondary N) is 2. The lowest BCUT2D eigenvalue weighted by Crippen LogP contribution is -2.40. The van der Waals surface area contributed by atoms with Gasteiger partial charge >= 0.3 is 0 Å². The highest BCUT2D eigenvalue weighted by Gasteiger charge is 2.25. The summed E-state index contributed by atoms with van der Waals surface area (Å²) in [5.41, 5.74) is -0.481. The molecule has 0 radical (unpaired) electrons. The summed E-state index contributed by atoms with van der Waals surface area (Å²) in [5, 5.41) is 2.83. The number of carbonyl (C=O) groups is 1. The average molecular weight is 399 g/mol. The van der Waals surface area contributed by atoms with Crippen LogP contribution < -0.4 is 10.0 Å². The number of hydrogen-bond donors (Lipinski definition) is 2. The van der Waals surface area contributed by atoms with E-state index in [9.17, 15) is 13.2 Å². The van der Waals surface area contributed by atoms with Gasteiger partial charge in [0.2, 0.25) is 10.0 Å². The van der Waals surface area contributed by atoms with Crippen LogP contribution in [0, 0.1) is 6.92 Å². The lowest BCUT2D eigenvalue weighted by Gasteiger charge is -2.21. The molecule has 1 atom stereocenters. The Morgan fingerprint density at radius 2 is 1.85 bits per heavy atom. The highest BCUT2D eigenvalue weighted by Crippen LogP contribution is 2.24. The van der Waals surface area contributed by atoms with Crippen molar-refractivity contribution in [2.75, 3.05) is 0 Å². The van der Waals surface area contributed by atoms with Crippen molar-refractivity contribution in [1.29, 1.82) is 0 Å². The summed E-state index contributed by atoms with van der Waals surface area (Å²) in [6.45, 7) is 8.77. The van der Waals surface area contributed by atoms with Crippen molar-refractivity contribution in [2.24, 2.45) is 0 Å². The molecule has 26 heavy (non-hydrogen) atoms. The zero-order valence-corrected chi connectivity index (χ0v) is 17.0. The largest absolute Gasteiger partial charge is 0.464 e. The molecule has 2 rings (SSSR count). The molecule has 0 saturated heterocycles. The molecule has 0 fully saturated rings. The second-order valence-electron chi connectivity index (χ2n) is 7.14. The van der Waals surface area contributed by atoms with Crippen LogP contribution in [-0.2, 0) is 10.0 Å². The van der Waals surface area contributed by atoms with E-state index in [4.69, 9.17) is 16.0 Å². The van der Waals surface area contributed by atoms with Crippen LogP contribution in [0.5, 0.6) is 0 Å². The monoisotopic (exact) mass is 398 g/mol. The molecule has 0 saturated carbocycles. The number of hydrogen-bond acceptors (Lipinski definition) is 4. The van der Waals surface area contributed by atoms with Crippen LogP contribution in [0.1, 0.15) is 55.6 Å². The topological polar surface area (TPSA) is 88.4 Å². The third kappa shape index (κ3) is 5.09. The summed E-state index contributed by atoms with van der Waals surface area (Å²) < 4.78 is 33.1. The fourth-order valence-corrected chi connectivity index (χ4v) is 4.29. The third-order valence-electron chi connectivity index (χ3n) is 3.46. The average Bonchev–Trinajstić information content (AvgIpc) is 2.91. The Kier molecular flexibility index (Phi) is 5.85. The molecule has 1 heterocycles. The van der Waals surface area contributed by atoms with E-state index in [0.29, 0.717) is 5.76 Å². The molecule has 2 N–H and O–H groups in total. The highest BCUT2D eigenvalue weighted by atomic mass is 35.5. The van der Waals surface area contributed by atoms with Gasteiger partial charge in [0.15, 0.2) is 0 Å². The lowest BCUT2D eigenvalue weighted by atomic mass is 10.1. The normalized spacial score (nSPS) is 13.5. The molecule has 142 valence electrons. The number of sulfonamides is 1. The molecule has 1 unspecified atom stereocenters. The van der Waals surface area contributed by atoms with Crippen molar-refractivity contribution in [3.63, 3.8) is 0 Å². The van der Waals surface area contributed by atoms with Crippen molar-refractivity contribution < 1.29 is 17.6 Å². The number of benzene rings is 1. The fourth-order valence-electron chi connectivity index (χ4n) is 2.35. The second-order valence-corrected chi connectivity index (χ2v) is 9.20. The Labute approximate surface area is 159 Å². The zero-order chi connectivity index (χ0) is 19.7. The first-order valence-corrected chi connectivity index (χ1v) is 9.96. The Balaban J connectivity index is 2.27. The number of halogens is 1. The molecule has 1 amide bonds. The summed E-state index contributed by atoms with van der Waals surface area (Å²) in [7, 11) is -3.86. The zero-order valence-electron chi connectivity index (χ0n) is 15.4. The molecule has 0 aliphatic heterocycles. The Morgan fingerprint density at radius 3 is 2.38 bits per heavy atom. The van der Waals surface area contributed by atoms with E-state index in [1.54, 1.807) is 33.8 Å². The van der Waals surface area contributed by atoms with Gasteiger partial charge in [-0.1, -0.05) is 11.6 Å². The molecule has 6 nitrogen and oxygen atoms in total. The summed E-state index contributed by atoms with van der Waals surface area (Å²) >= 11 is 6.05. The Morgan fingerprint density at radius 1 is 1.19 bits per heavy atom. The van der Waals surface area contributed by atoms with Gasteiger partial charge in [-0.25, -0.2) is 13.1 Å². The molecule has 0 aliphatic rings. The van der Waals surface area contributed by atoms with E-state index >= 15 is 0 Å². The van der Waals surface area contributed by atoms with Crippen LogP contribution in [0.4, 0.5) is 0 Å². The van der Waals surface area contributed by atoms with Gasteiger partial charge in [0.25, 0.3) is 5.91 Å². The molecule has 8 heteroatoms. The van der Waals surface area contributed by atoms with E-state index in [1.807, 2.05) is 13.0 Å². The Bertz CT molecular complexity index is 914. The predicted octanol–water partition coefficient (Wildman–Crippen LogP) is 3.81. The molecule has 1 aromatic heterocycles. The number of aryl methyl sites for hydroxylation is 1. The third-order valence-corrected chi connectivity index (χ3v) is 5.70. The van der Waals surface area contributed by atoms with Gasteiger partial charge in [-0.15, -0.1) is 0 Å². The van der Waals surface area contributed by atoms with E-state index in [2.05, 4.69) is 10.0 Å². The summed E-state index contributed by atoms with van der Waals surface area (Å²) in [6.07, 6.45) is 0. The molecule has 1 aromatic carbocycles. The van der Waals surface area contributed by atoms with Crippen LogP contribution in [0.15, 0.2) is 39.6 Å². The standard InChI is InChI=1S/C18H23ClN2O4S/c1-11-6-9-15(25-11)12(2)20-17(22)13-7-8-14(19)16(10-13)26(23,24)21-18(3,4)5/h6-10,12,21H,1-5H3,(H,20,22). The van der Waals surface area contributed by atoms with Crippen LogP contribution >= 0.6 is 11.6 Å². The smallest absolute Gasteiger partial charge is 0.251 e. The Hall–Kier alpha value is -1.83. The van der Waals surface area contributed by atoms with Crippen LogP contribution in [0.25, 0.3) is 0 Å². The van der Waals surface area contributed by atoms with Gasteiger partial charge in [0.05, 0.1) is 11.1 Å². The number of rotatable bonds is 5. The summed E-state index contributed by atoms with van der Waals surface area (Å²) in [5.74, 6) is 0.941. The lowest BCUT2D eigenvalue weighted by molar-refractivity contribution is 0.0935. The van der Waals surface area contributed by atoms with Crippen molar-refractivity contribution in [1.82, 2.24) is 10.0 Å². The molecular formula is C18H23ClN2O4S. The first kappa shape index (κ1) is 20.5. The predicted molar refractivity (Wildman–Crippen MR) is 101 cm³/mol. The second kappa shape index (κ2) is 7.42. The molecule has 0 spiro atoms. The van der Waals surface area contributed by atoms with Gasteiger partial charge in [0.1, 0.15) is 16.4 Å². The van der Waals surface area contributed by atoms with Gasteiger partial charge < -0.3 is 9.73 Å². The van der Waals surface area contributed by atoms with Crippen molar-refractivity contribution >= 4 is 27.5 Å². The summed E-state index contributed by atoms with van der Waals surface area (Å²) in [6, 6.07) is 7.38. The fraction of sp³-hybridized carbons (Fsp3) is 0.389. The molecule has 0 bridgehead atoms. The maximum Gasteiger partial charge on any atom is 0.251 e. The minimum atomic E-state index is -3.86. The van der Waals surface area contributed by atoms with Gasteiger partial charge in [0, 0.05) is 11.1 Å². The molecular weight excluding hydrogens is 376 g/mol. The maximum absolute atomic E-state index is 12.5. The molecule has 2 aromatic rings. The van der Waals surface area contributed by atoms with Crippen molar-refractivity contribution in [3.8, 4) is 0 Å². The van der Waals surface area contributed by atoms with Gasteiger partial charge in [-0.05, 0) is 65.0 Å². The van der Waals surface area contributed by atoms with Crippen molar-refractivity contribution in [3.05, 3.63) is 52.4 Å². The van der Waals surface area contributed by atoms with Crippen LogP contribution in [0.2, 0.25) is 5.02 Å². The van der Waals surface area contributed by atoms with Crippen molar-refractivity contribution in [2.45, 2.75) is 51.1 Å².